The van der Waals surface area contributed by atoms with E-state index in [2.05, 4.69) is 0 Å². The predicted octanol–water partition coefficient (Wildman–Crippen LogP) is 2.29. The molecule has 2 aliphatic rings. The van der Waals surface area contributed by atoms with Crippen LogP contribution in [0.1, 0.15) is 23.6 Å². The van der Waals surface area contributed by atoms with Crippen molar-refractivity contribution in [2.45, 2.75) is 18.0 Å². The Hall–Kier alpha value is -2.92. The molecule has 2 saturated heterocycles. The van der Waals surface area contributed by atoms with Gasteiger partial charge in [0.2, 0.25) is 0 Å². The molecule has 0 unspecified atom stereocenters. The monoisotopic (exact) mass is 387 g/mol. The van der Waals surface area contributed by atoms with Gasteiger partial charge < -0.3 is 14.6 Å². The average Bonchev–Trinajstić information content (AvgIpc) is 3.25. The summed E-state index contributed by atoms with van der Waals surface area (Å²) in [5, 5.41) is 33.0. The van der Waals surface area contributed by atoms with Crippen molar-refractivity contribution < 1.29 is 24.4 Å². The first-order valence-corrected chi connectivity index (χ1v) is 8.58. The smallest absolute Gasteiger partial charge is 0.276 e. The van der Waals surface area contributed by atoms with Crippen LogP contribution in [0.5, 0.6) is 0 Å². The normalized spacial score (nSPS) is 23.5. The molecule has 10 nitrogen and oxygen atoms in total. The van der Waals surface area contributed by atoms with E-state index in [1.807, 2.05) is 0 Å². The molecule has 0 spiro atoms. The molecule has 0 amide bonds. The van der Waals surface area contributed by atoms with E-state index in [0.717, 1.165) is 0 Å². The van der Waals surface area contributed by atoms with Gasteiger partial charge in [-0.2, -0.15) is 0 Å². The summed E-state index contributed by atoms with van der Waals surface area (Å²) in [6.07, 6.45) is -1.78. The topological polar surface area (TPSA) is 128 Å². The molecule has 146 valence electrons. The number of nitrogens with zero attached hydrogens (tertiary/aromatic N) is 3. The van der Waals surface area contributed by atoms with Crippen molar-refractivity contribution in [3.05, 3.63) is 79.9 Å². The Balaban J connectivity index is 1.83. The molecule has 0 bridgehead atoms. The van der Waals surface area contributed by atoms with Crippen LogP contribution in [0, 0.1) is 20.2 Å². The van der Waals surface area contributed by atoms with Crippen molar-refractivity contribution in [3.8, 4) is 0 Å². The maximum Gasteiger partial charge on any atom is 0.276 e. The summed E-state index contributed by atoms with van der Waals surface area (Å²) < 4.78 is 11.7. The van der Waals surface area contributed by atoms with Crippen LogP contribution in [0.25, 0.3) is 0 Å². The molecule has 2 atom stereocenters. The van der Waals surface area contributed by atoms with E-state index in [4.69, 9.17) is 9.47 Å². The molecule has 10 heteroatoms. The van der Waals surface area contributed by atoms with Crippen molar-refractivity contribution >= 4 is 11.4 Å². The molecule has 2 fully saturated rings. The van der Waals surface area contributed by atoms with E-state index in [0.29, 0.717) is 11.1 Å². The number of aliphatic hydroxyl groups excluding tert-OH is 1. The lowest BCUT2D eigenvalue weighted by Crippen LogP contribution is -2.47. The third kappa shape index (κ3) is 2.74. The number of aliphatic hydroxyl groups is 1. The Labute approximate surface area is 159 Å². The van der Waals surface area contributed by atoms with Crippen LogP contribution in [-0.4, -0.2) is 45.2 Å². The highest BCUT2D eigenvalue weighted by Crippen LogP contribution is 2.51. The van der Waals surface area contributed by atoms with Gasteiger partial charge in [0.15, 0.2) is 0 Å². The Kier molecular flexibility index (Phi) is 4.55. The predicted molar refractivity (Wildman–Crippen MR) is 95.2 cm³/mol. The van der Waals surface area contributed by atoms with Crippen molar-refractivity contribution in [3.63, 3.8) is 0 Å². The van der Waals surface area contributed by atoms with Gasteiger partial charge in [-0.25, -0.2) is 4.90 Å². The Morgan fingerprint density at radius 3 is 1.75 bits per heavy atom. The molecule has 4 rings (SSSR count). The Bertz CT molecular complexity index is 865. The summed E-state index contributed by atoms with van der Waals surface area (Å²) in [7, 11) is 0. The van der Waals surface area contributed by atoms with E-state index < -0.39 is 27.8 Å². The number of rotatable bonds is 5. The van der Waals surface area contributed by atoms with Gasteiger partial charge in [-0.1, -0.05) is 24.3 Å². The van der Waals surface area contributed by atoms with Gasteiger partial charge >= 0.3 is 0 Å². The molecule has 2 heterocycles. The van der Waals surface area contributed by atoms with Crippen LogP contribution < -0.4 is 0 Å². The van der Waals surface area contributed by atoms with E-state index in [9.17, 15) is 25.3 Å². The third-order valence-corrected chi connectivity index (χ3v) is 5.17. The minimum atomic E-state index is -0.942. The second-order valence-electron chi connectivity index (χ2n) is 6.75. The number of para-hydroxylation sites is 2. The average molecular weight is 387 g/mol. The molecular formula is C18H17N3O7. The van der Waals surface area contributed by atoms with Gasteiger partial charge in [0.25, 0.3) is 11.4 Å². The van der Waals surface area contributed by atoms with Crippen LogP contribution in [0.3, 0.4) is 0 Å². The van der Waals surface area contributed by atoms with Crippen molar-refractivity contribution in [1.29, 1.82) is 0 Å². The second-order valence-corrected chi connectivity index (χ2v) is 6.75. The first kappa shape index (κ1) is 18.4. The Morgan fingerprint density at radius 1 is 0.929 bits per heavy atom. The summed E-state index contributed by atoms with van der Waals surface area (Å²) in [5.41, 5.74) is -0.597. The fourth-order valence-corrected chi connectivity index (χ4v) is 3.82. The van der Waals surface area contributed by atoms with Gasteiger partial charge in [-0.15, -0.1) is 0 Å². The molecule has 0 radical (unpaired) electrons. The lowest BCUT2D eigenvalue weighted by molar-refractivity contribution is -0.387. The van der Waals surface area contributed by atoms with Crippen LogP contribution in [0.15, 0.2) is 48.5 Å². The van der Waals surface area contributed by atoms with Crippen LogP contribution >= 0.6 is 0 Å². The summed E-state index contributed by atoms with van der Waals surface area (Å²) >= 11 is 0. The van der Waals surface area contributed by atoms with Gasteiger partial charge in [-0.05, 0) is 12.1 Å². The van der Waals surface area contributed by atoms with Gasteiger partial charge in [-0.3, -0.25) is 20.2 Å². The first-order chi connectivity index (χ1) is 13.5. The number of hydrogen-bond acceptors (Lipinski definition) is 8. The quantitative estimate of drug-likeness (QED) is 0.611. The van der Waals surface area contributed by atoms with Crippen molar-refractivity contribution in [1.82, 2.24) is 4.90 Å². The molecule has 2 aliphatic heterocycles. The summed E-state index contributed by atoms with van der Waals surface area (Å²) in [6, 6.07) is 12.3. The highest BCUT2D eigenvalue weighted by Gasteiger charge is 2.58. The van der Waals surface area contributed by atoms with E-state index in [-0.39, 0.29) is 31.2 Å². The molecule has 0 saturated carbocycles. The SMILES string of the molecule is O=[N+]([O-])c1ccccc1[C@H]1OCC2(CO)CO[C@H](c3ccccc3[N+](=O)[O-])N12. The molecule has 2 aromatic carbocycles. The first-order valence-electron chi connectivity index (χ1n) is 8.58. The molecule has 0 aliphatic carbocycles. The van der Waals surface area contributed by atoms with E-state index in [1.54, 1.807) is 41.3 Å². The van der Waals surface area contributed by atoms with Crippen molar-refractivity contribution in [2.75, 3.05) is 19.8 Å². The minimum absolute atomic E-state index is 0.0807. The largest absolute Gasteiger partial charge is 0.394 e. The highest BCUT2D eigenvalue weighted by molar-refractivity contribution is 5.45. The van der Waals surface area contributed by atoms with Gasteiger partial charge in [0.05, 0.1) is 46.3 Å². The standard InChI is InChI=1S/C18H17N3O7/c22-9-18-10-27-16(12-5-1-3-7-14(12)20(23)24)19(18)17(28-11-18)13-6-2-4-8-15(13)21(25)26/h1-8,16-17,22H,9-11H2/t16-,17-/m1/s1. The summed E-state index contributed by atoms with van der Waals surface area (Å²) in [4.78, 5) is 23.6. The summed E-state index contributed by atoms with van der Waals surface area (Å²) in [5.74, 6) is 0. The molecule has 1 N–H and O–H groups in total. The van der Waals surface area contributed by atoms with Gasteiger partial charge in [0, 0.05) is 12.1 Å². The van der Waals surface area contributed by atoms with E-state index >= 15 is 0 Å². The summed E-state index contributed by atoms with van der Waals surface area (Å²) in [6.45, 7) is -0.157. The zero-order chi connectivity index (χ0) is 19.9. The fourth-order valence-electron chi connectivity index (χ4n) is 3.82. The number of hydrogen-bond donors (Lipinski definition) is 1. The number of benzene rings is 2. The minimum Gasteiger partial charge on any atom is -0.394 e. The number of nitro benzene ring substituents is 2. The van der Waals surface area contributed by atoms with Crippen molar-refractivity contribution in [2.24, 2.45) is 0 Å². The highest BCUT2D eigenvalue weighted by atomic mass is 16.6. The fraction of sp³-hybridized carbons (Fsp3) is 0.333. The molecule has 28 heavy (non-hydrogen) atoms. The van der Waals surface area contributed by atoms with Crippen LogP contribution in [-0.2, 0) is 9.47 Å². The number of fused-ring (bicyclic) bond motifs is 1. The molecule has 0 aromatic heterocycles. The van der Waals surface area contributed by atoms with Crippen LogP contribution in [0.4, 0.5) is 11.4 Å². The maximum atomic E-state index is 11.5. The number of ether oxygens (including phenoxy) is 2. The van der Waals surface area contributed by atoms with Gasteiger partial charge in [0.1, 0.15) is 12.5 Å². The lowest BCUT2D eigenvalue weighted by Gasteiger charge is -2.32. The second kappa shape index (κ2) is 6.91. The molecular weight excluding hydrogens is 370 g/mol. The Morgan fingerprint density at radius 2 is 1.36 bits per heavy atom. The zero-order valence-corrected chi connectivity index (χ0v) is 14.6. The van der Waals surface area contributed by atoms with E-state index in [1.165, 1.54) is 12.1 Å². The maximum absolute atomic E-state index is 11.5. The van der Waals surface area contributed by atoms with Crippen LogP contribution in [0.2, 0.25) is 0 Å². The third-order valence-electron chi connectivity index (χ3n) is 5.17. The number of nitro groups is 2. The zero-order valence-electron chi connectivity index (χ0n) is 14.6. The molecule has 2 aromatic rings. The lowest BCUT2D eigenvalue weighted by atomic mass is 10.0.